The predicted molar refractivity (Wildman–Crippen MR) is 110 cm³/mol. The van der Waals surface area contributed by atoms with Crippen molar-refractivity contribution in [3.05, 3.63) is 59.7 Å². The highest BCUT2D eigenvalue weighted by molar-refractivity contribution is 6.00. The monoisotopic (exact) mass is 341 g/mol. The van der Waals surface area contributed by atoms with Gasteiger partial charge in [0.15, 0.2) is 0 Å². The third-order valence-electron chi connectivity index (χ3n) is 6.01. The number of aromatic nitrogens is 2. The van der Waals surface area contributed by atoms with Crippen LogP contribution in [0.2, 0.25) is 0 Å². The standard InChI is InChI=1S/C23H23N3/c1-3-14-10-13(2)18-11-20-21(12-19(14)18)26-23(25-20)17-9-8-15-6-4-5-7-16(15)22(17)24/h4-9,11-14H,3,10,24H2,1-2H3,(H,25,26). The van der Waals surface area contributed by atoms with Crippen LogP contribution in [0.4, 0.5) is 5.69 Å². The number of fused-ring (bicyclic) bond motifs is 3. The second kappa shape index (κ2) is 5.60. The van der Waals surface area contributed by atoms with Gasteiger partial charge >= 0.3 is 0 Å². The SMILES string of the molecule is CCC1CC(C)c2cc3nc(-c4ccc5ccccc5c4N)[nH]c3cc21. The Labute approximate surface area is 153 Å². The summed E-state index contributed by atoms with van der Waals surface area (Å²) in [6.45, 7) is 4.61. The van der Waals surface area contributed by atoms with Crippen LogP contribution in [0.3, 0.4) is 0 Å². The van der Waals surface area contributed by atoms with Crippen molar-refractivity contribution in [2.45, 2.75) is 38.5 Å². The first-order valence-corrected chi connectivity index (χ1v) is 9.47. The van der Waals surface area contributed by atoms with Gasteiger partial charge in [0.05, 0.1) is 16.7 Å². The number of rotatable bonds is 2. The third-order valence-corrected chi connectivity index (χ3v) is 6.01. The molecule has 3 N–H and O–H groups in total. The molecular weight excluding hydrogens is 318 g/mol. The Hall–Kier alpha value is -2.81. The minimum Gasteiger partial charge on any atom is -0.398 e. The van der Waals surface area contributed by atoms with Gasteiger partial charge in [0, 0.05) is 10.9 Å². The summed E-state index contributed by atoms with van der Waals surface area (Å²) >= 11 is 0. The van der Waals surface area contributed by atoms with E-state index in [1.165, 1.54) is 24.0 Å². The molecule has 0 amide bonds. The second-order valence-corrected chi connectivity index (χ2v) is 7.57. The molecule has 0 aliphatic heterocycles. The highest BCUT2D eigenvalue weighted by Gasteiger charge is 2.28. The number of hydrogen-bond acceptors (Lipinski definition) is 2. The Morgan fingerprint density at radius 2 is 1.96 bits per heavy atom. The van der Waals surface area contributed by atoms with Gasteiger partial charge in [0.2, 0.25) is 0 Å². The lowest BCUT2D eigenvalue weighted by atomic mass is 9.98. The van der Waals surface area contributed by atoms with Crippen LogP contribution in [0.25, 0.3) is 33.2 Å². The first kappa shape index (κ1) is 15.4. The van der Waals surface area contributed by atoms with Crippen LogP contribution in [-0.2, 0) is 0 Å². The van der Waals surface area contributed by atoms with Crippen LogP contribution >= 0.6 is 0 Å². The summed E-state index contributed by atoms with van der Waals surface area (Å²) in [7, 11) is 0. The summed E-state index contributed by atoms with van der Waals surface area (Å²) < 4.78 is 0. The molecule has 3 nitrogen and oxygen atoms in total. The lowest BCUT2D eigenvalue weighted by Crippen LogP contribution is -1.93. The van der Waals surface area contributed by atoms with Crippen LogP contribution in [0.5, 0.6) is 0 Å². The van der Waals surface area contributed by atoms with Crippen LogP contribution in [0, 0.1) is 0 Å². The van der Waals surface area contributed by atoms with Crippen molar-refractivity contribution < 1.29 is 0 Å². The van der Waals surface area contributed by atoms with Gasteiger partial charge < -0.3 is 10.7 Å². The minimum absolute atomic E-state index is 0.616. The molecule has 0 saturated carbocycles. The number of benzene rings is 3. The molecule has 0 fully saturated rings. The maximum atomic E-state index is 6.48. The highest BCUT2D eigenvalue weighted by Crippen LogP contribution is 2.44. The van der Waals surface area contributed by atoms with E-state index >= 15 is 0 Å². The molecule has 1 heterocycles. The zero-order chi connectivity index (χ0) is 17.8. The quantitative estimate of drug-likeness (QED) is 0.442. The normalized spacial score (nSPS) is 19.3. The molecule has 0 radical (unpaired) electrons. The number of H-pyrrole nitrogens is 1. The number of anilines is 1. The summed E-state index contributed by atoms with van der Waals surface area (Å²) in [6.07, 6.45) is 2.45. The van der Waals surface area contributed by atoms with Crippen molar-refractivity contribution in [3.63, 3.8) is 0 Å². The Morgan fingerprint density at radius 3 is 2.81 bits per heavy atom. The number of aromatic amines is 1. The Bertz CT molecular complexity index is 1140. The largest absolute Gasteiger partial charge is 0.398 e. The van der Waals surface area contributed by atoms with Crippen molar-refractivity contribution >= 4 is 27.5 Å². The molecule has 4 aromatic rings. The molecular formula is C23H23N3. The molecule has 1 aliphatic carbocycles. The van der Waals surface area contributed by atoms with E-state index in [1.54, 1.807) is 0 Å². The van der Waals surface area contributed by atoms with E-state index in [4.69, 9.17) is 10.7 Å². The van der Waals surface area contributed by atoms with Crippen molar-refractivity contribution in [2.24, 2.45) is 0 Å². The molecule has 5 rings (SSSR count). The number of hydrogen-bond donors (Lipinski definition) is 2. The summed E-state index contributed by atoms with van der Waals surface area (Å²) in [6, 6.07) is 17.0. The fourth-order valence-electron chi connectivity index (χ4n) is 4.57. The molecule has 130 valence electrons. The summed E-state index contributed by atoms with van der Waals surface area (Å²) in [5.41, 5.74) is 13.3. The van der Waals surface area contributed by atoms with E-state index in [2.05, 4.69) is 55.2 Å². The molecule has 26 heavy (non-hydrogen) atoms. The van der Waals surface area contributed by atoms with E-state index < -0.39 is 0 Å². The summed E-state index contributed by atoms with van der Waals surface area (Å²) in [5.74, 6) is 2.14. The number of nitrogens with zero attached hydrogens (tertiary/aromatic N) is 1. The molecule has 0 bridgehead atoms. The molecule has 2 atom stereocenters. The molecule has 3 aromatic carbocycles. The number of nitrogen functional groups attached to an aromatic ring is 1. The zero-order valence-electron chi connectivity index (χ0n) is 15.2. The molecule has 2 unspecified atom stereocenters. The van der Waals surface area contributed by atoms with E-state index in [9.17, 15) is 0 Å². The number of nitrogens with two attached hydrogens (primary N) is 1. The Balaban J connectivity index is 1.68. The van der Waals surface area contributed by atoms with Crippen LogP contribution in [-0.4, -0.2) is 9.97 Å². The first-order chi connectivity index (χ1) is 12.7. The van der Waals surface area contributed by atoms with Crippen molar-refractivity contribution in [1.82, 2.24) is 9.97 Å². The molecule has 1 aromatic heterocycles. The van der Waals surface area contributed by atoms with Gasteiger partial charge in [-0.15, -0.1) is 0 Å². The van der Waals surface area contributed by atoms with E-state index in [0.29, 0.717) is 11.8 Å². The predicted octanol–water partition coefficient (Wildman–Crippen LogP) is 5.97. The van der Waals surface area contributed by atoms with Gasteiger partial charge in [-0.2, -0.15) is 0 Å². The average Bonchev–Trinajstić information content (AvgIpc) is 3.21. The van der Waals surface area contributed by atoms with Gasteiger partial charge in [-0.1, -0.05) is 44.2 Å². The van der Waals surface area contributed by atoms with E-state index in [0.717, 1.165) is 38.9 Å². The third kappa shape index (κ3) is 2.16. The van der Waals surface area contributed by atoms with Gasteiger partial charge in [0.1, 0.15) is 5.82 Å². The van der Waals surface area contributed by atoms with Gasteiger partial charge in [0.25, 0.3) is 0 Å². The number of nitrogens with one attached hydrogen (secondary N) is 1. The van der Waals surface area contributed by atoms with Crippen LogP contribution in [0.1, 0.15) is 49.7 Å². The highest BCUT2D eigenvalue weighted by atomic mass is 14.9. The average molecular weight is 341 g/mol. The topological polar surface area (TPSA) is 54.7 Å². The second-order valence-electron chi connectivity index (χ2n) is 7.57. The molecule has 0 saturated heterocycles. The fourth-order valence-corrected chi connectivity index (χ4v) is 4.57. The first-order valence-electron chi connectivity index (χ1n) is 9.47. The van der Waals surface area contributed by atoms with Crippen molar-refractivity contribution in [3.8, 4) is 11.4 Å². The van der Waals surface area contributed by atoms with E-state index in [1.807, 2.05) is 12.1 Å². The minimum atomic E-state index is 0.616. The summed E-state index contributed by atoms with van der Waals surface area (Å²) in [4.78, 5) is 8.39. The molecule has 0 spiro atoms. The van der Waals surface area contributed by atoms with Gasteiger partial charge in [-0.05, 0) is 59.4 Å². The van der Waals surface area contributed by atoms with Gasteiger partial charge in [-0.3, -0.25) is 0 Å². The Morgan fingerprint density at radius 1 is 1.12 bits per heavy atom. The van der Waals surface area contributed by atoms with Crippen LogP contribution < -0.4 is 5.73 Å². The Kier molecular flexibility index (Phi) is 3.33. The van der Waals surface area contributed by atoms with Crippen molar-refractivity contribution in [1.29, 1.82) is 0 Å². The number of imidazole rings is 1. The maximum Gasteiger partial charge on any atom is 0.140 e. The van der Waals surface area contributed by atoms with Gasteiger partial charge in [-0.25, -0.2) is 4.98 Å². The zero-order valence-corrected chi connectivity index (χ0v) is 15.2. The lowest BCUT2D eigenvalue weighted by molar-refractivity contribution is 0.603. The molecule has 3 heteroatoms. The maximum absolute atomic E-state index is 6.48. The smallest absolute Gasteiger partial charge is 0.140 e. The lowest BCUT2D eigenvalue weighted by Gasteiger charge is -2.07. The van der Waals surface area contributed by atoms with Crippen LogP contribution in [0.15, 0.2) is 48.5 Å². The van der Waals surface area contributed by atoms with Crippen molar-refractivity contribution in [2.75, 3.05) is 5.73 Å². The van der Waals surface area contributed by atoms with E-state index in [-0.39, 0.29) is 0 Å². The fraction of sp³-hybridized carbons (Fsp3) is 0.261. The summed E-state index contributed by atoms with van der Waals surface area (Å²) in [5, 5.41) is 2.23. The molecule has 1 aliphatic rings.